The number of aromatic hydroxyl groups is 1. The number of phenols is 1. The number of benzene rings is 1. The van der Waals surface area contributed by atoms with Gasteiger partial charge >= 0.3 is 0 Å². The molecular formula is C12H15ClN4O2. The SMILES string of the molecule is Cl.Cn1nc(NCc2ccccc2O)cc1C(N)=O. The molecule has 2 aromatic rings. The van der Waals surface area contributed by atoms with Gasteiger partial charge in [0.05, 0.1) is 0 Å². The Morgan fingerprint density at radius 1 is 1.47 bits per heavy atom. The number of phenolic OH excluding ortho intramolecular Hbond substituents is 1. The van der Waals surface area contributed by atoms with Gasteiger partial charge in [-0.15, -0.1) is 12.4 Å². The van der Waals surface area contributed by atoms with E-state index >= 15 is 0 Å². The highest BCUT2D eigenvalue weighted by Crippen LogP contribution is 2.17. The smallest absolute Gasteiger partial charge is 0.267 e. The molecule has 0 aliphatic rings. The highest BCUT2D eigenvalue weighted by Gasteiger charge is 2.09. The number of aryl methyl sites for hydroxylation is 1. The number of anilines is 1. The lowest BCUT2D eigenvalue weighted by Crippen LogP contribution is -2.15. The van der Waals surface area contributed by atoms with Gasteiger partial charge in [-0.25, -0.2) is 0 Å². The molecule has 0 bridgehead atoms. The van der Waals surface area contributed by atoms with Gasteiger partial charge in [0, 0.05) is 25.2 Å². The summed E-state index contributed by atoms with van der Waals surface area (Å²) in [7, 11) is 1.64. The van der Waals surface area contributed by atoms with E-state index in [1.54, 1.807) is 31.3 Å². The lowest BCUT2D eigenvalue weighted by atomic mass is 10.2. The molecule has 0 spiro atoms. The second-order valence-electron chi connectivity index (χ2n) is 3.88. The summed E-state index contributed by atoms with van der Waals surface area (Å²) in [6, 6.07) is 8.58. The van der Waals surface area contributed by atoms with Gasteiger partial charge in [-0.1, -0.05) is 18.2 Å². The van der Waals surface area contributed by atoms with Crippen molar-refractivity contribution in [2.24, 2.45) is 12.8 Å². The minimum Gasteiger partial charge on any atom is -0.508 e. The molecule has 0 saturated carbocycles. The van der Waals surface area contributed by atoms with E-state index in [0.717, 1.165) is 5.56 Å². The molecule has 0 aliphatic heterocycles. The molecule has 1 amide bonds. The third-order valence-electron chi connectivity index (χ3n) is 2.58. The predicted molar refractivity (Wildman–Crippen MR) is 74.4 cm³/mol. The van der Waals surface area contributed by atoms with Crippen molar-refractivity contribution < 1.29 is 9.90 Å². The maximum Gasteiger partial charge on any atom is 0.267 e. The van der Waals surface area contributed by atoms with Crippen LogP contribution in [0.15, 0.2) is 30.3 Å². The minimum absolute atomic E-state index is 0. The number of amides is 1. The van der Waals surface area contributed by atoms with Crippen molar-refractivity contribution in [3.8, 4) is 5.75 Å². The van der Waals surface area contributed by atoms with E-state index < -0.39 is 5.91 Å². The quantitative estimate of drug-likeness (QED) is 0.787. The normalized spacial score (nSPS) is 9.74. The fourth-order valence-corrected chi connectivity index (χ4v) is 1.63. The van der Waals surface area contributed by atoms with Crippen molar-refractivity contribution in [3.05, 3.63) is 41.6 Å². The molecule has 0 radical (unpaired) electrons. The van der Waals surface area contributed by atoms with E-state index in [-0.39, 0.29) is 18.2 Å². The highest BCUT2D eigenvalue weighted by molar-refractivity contribution is 5.91. The summed E-state index contributed by atoms with van der Waals surface area (Å²) < 4.78 is 1.41. The number of hydrogen-bond acceptors (Lipinski definition) is 4. The first-order valence-corrected chi connectivity index (χ1v) is 5.42. The Balaban J connectivity index is 0.00000180. The van der Waals surface area contributed by atoms with Crippen LogP contribution >= 0.6 is 12.4 Å². The summed E-state index contributed by atoms with van der Waals surface area (Å²) in [5.41, 5.74) is 6.27. The van der Waals surface area contributed by atoms with Crippen molar-refractivity contribution in [1.82, 2.24) is 9.78 Å². The van der Waals surface area contributed by atoms with Crippen LogP contribution in [0.25, 0.3) is 0 Å². The Morgan fingerprint density at radius 3 is 2.74 bits per heavy atom. The van der Waals surface area contributed by atoms with Crippen LogP contribution in [-0.2, 0) is 13.6 Å². The monoisotopic (exact) mass is 282 g/mol. The van der Waals surface area contributed by atoms with Crippen LogP contribution in [0.5, 0.6) is 5.75 Å². The molecule has 1 aromatic carbocycles. The molecule has 0 saturated heterocycles. The summed E-state index contributed by atoms with van der Waals surface area (Å²) >= 11 is 0. The molecule has 7 heteroatoms. The number of hydrogen-bond donors (Lipinski definition) is 3. The second kappa shape index (κ2) is 6.10. The zero-order chi connectivity index (χ0) is 13.1. The number of aromatic nitrogens is 2. The number of carbonyl (C=O) groups excluding carboxylic acids is 1. The lowest BCUT2D eigenvalue weighted by molar-refractivity contribution is 0.0991. The van der Waals surface area contributed by atoms with Gasteiger partial charge in [-0.05, 0) is 6.07 Å². The summed E-state index contributed by atoms with van der Waals surface area (Å²) in [6.07, 6.45) is 0. The van der Waals surface area contributed by atoms with E-state index in [4.69, 9.17) is 5.73 Å². The number of nitrogens with two attached hydrogens (primary N) is 1. The first kappa shape index (κ1) is 14.8. The number of rotatable bonds is 4. The average molecular weight is 283 g/mol. The summed E-state index contributed by atoms with van der Waals surface area (Å²) in [6.45, 7) is 0.419. The maximum absolute atomic E-state index is 11.1. The summed E-state index contributed by atoms with van der Waals surface area (Å²) in [4.78, 5) is 11.1. The molecule has 102 valence electrons. The number of nitrogens with one attached hydrogen (secondary N) is 1. The molecule has 0 atom stereocenters. The molecule has 1 heterocycles. The molecule has 19 heavy (non-hydrogen) atoms. The van der Waals surface area contributed by atoms with E-state index in [2.05, 4.69) is 10.4 Å². The fraction of sp³-hybridized carbons (Fsp3) is 0.167. The van der Waals surface area contributed by atoms with Gasteiger partial charge < -0.3 is 16.2 Å². The Hall–Kier alpha value is -2.21. The lowest BCUT2D eigenvalue weighted by Gasteiger charge is -2.04. The van der Waals surface area contributed by atoms with Crippen molar-refractivity contribution in [1.29, 1.82) is 0 Å². The number of nitrogens with zero attached hydrogens (tertiary/aromatic N) is 2. The Bertz CT molecular complexity index is 583. The van der Waals surface area contributed by atoms with Gasteiger partial charge in [-0.3, -0.25) is 9.48 Å². The number of para-hydroxylation sites is 1. The molecule has 1 aromatic heterocycles. The zero-order valence-corrected chi connectivity index (χ0v) is 11.1. The van der Waals surface area contributed by atoms with Gasteiger partial charge in [0.2, 0.25) is 0 Å². The van der Waals surface area contributed by atoms with E-state index in [0.29, 0.717) is 18.1 Å². The van der Waals surface area contributed by atoms with Gasteiger partial charge in [0.25, 0.3) is 5.91 Å². The molecule has 0 unspecified atom stereocenters. The van der Waals surface area contributed by atoms with Gasteiger partial charge in [0.1, 0.15) is 17.3 Å². The Morgan fingerprint density at radius 2 is 2.16 bits per heavy atom. The van der Waals surface area contributed by atoms with Crippen LogP contribution in [0.2, 0.25) is 0 Å². The summed E-state index contributed by atoms with van der Waals surface area (Å²) in [5, 5.41) is 16.7. The standard InChI is InChI=1S/C12H14N4O2.ClH/c1-16-9(12(13)18)6-11(15-16)14-7-8-4-2-3-5-10(8)17;/h2-6,17H,7H2,1H3,(H2,13,18)(H,14,15);1H. The molecule has 0 aliphatic carbocycles. The molecule has 4 N–H and O–H groups in total. The average Bonchev–Trinajstić information content (AvgIpc) is 2.70. The first-order chi connectivity index (χ1) is 8.58. The highest BCUT2D eigenvalue weighted by atomic mass is 35.5. The molecule has 6 nitrogen and oxygen atoms in total. The van der Waals surface area contributed by atoms with Crippen molar-refractivity contribution in [3.63, 3.8) is 0 Å². The topological polar surface area (TPSA) is 93.2 Å². The van der Waals surface area contributed by atoms with Crippen molar-refractivity contribution >= 4 is 24.1 Å². The Kier molecular flexibility index (Phi) is 4.77. The van der Waals surface area contributed by atoms with Gasteiger partial charge in [0.15, 0.2) is 0 Å². The van der Waals surface area contributed by atoms with E-state index in [9.17, 15) is 9.90 Å². The first-order valence-electron chi connectivity index (χ1n) is 5.42. The van der Waals surface area contributed by atoms with Crippen LogP contribution in [0.4, 0.5) is 5.82 Å². The van der Waals surface area contributed by atoms with Crippen LogP contribution in [0, 0.1) is 0 Å². The number of halogens is 1. The summed E-state index contributed by atoms with van der Waals surface area (Å²) in [5.74, 6) is 0.228. The third kappa shape index (κ3) is 3.38. The molecule has 2 rings (SSSR count). The minimum atomic E-state index is -0.527. The zero-order valence-electron chi connectivity index (χ0n) is 10.3. The second-order valence-corrected chi connectivity index (χ2v) is 3.88. The molecule has 0 fully saturated rings. The number of carbonyl (C=O) groups is 1. The largest absolute Gasteiger partial charge is 0.508 e. The van der Waals surface area contributed by atoms with Crippen LogP contribution < -0.4 is 11.1 Å². The van der Waals surface area contributed by atoms with Crippen molar-refractivity contribution in [2.45, 2.75) is 6.54 Å². The Labute approximate surface area is 116 Å². The molecular weight excluding hydrogens is 268 g/mol. The van der Waals surface area contributed by atoms with Crippen molar-refractivity contribution in [2.75, 3.05) is 5.32 Å². The maximum atomic E-state index is 11.1. The van der Waals surface area contributed by atoms with E-state index in [1.807, 2.05) is 6.07 Å². The number of primary amides is 1. The fourth-order valence-electron chi connectivity index (χ4n) is 1.63. The van der Waals surface area contributed by atoms with E-state index in [1.165, 1.54) is 4.68 Å². The van der Waals surface area contributed by atoms with Crippen LogP contribution in [0.3, 0.4) is 0 Å². The van der Waals surface area contributed by atoms with Gasteiger partial charge in [-0.2, -0.15) is 5.10 Å². The predicted octanol–water partition coefficient (Wildman–Crippen LogP) is 1.26. The van der Waals surface area contributed by atoms with Crippen LogP contribution in [0.1, 0.15) is 16.1 Å². The van der Waals surface area contributed by atoms with Crippen LogP contribution in [-0.4, -0.2) is 20.8 Å². The third-order valence-corrected chi connectivity index (χ3v) is 2.58.